The van der Waals surface area contributed by atoms with Crippen molar-refractivity contribution in [3.05, 3.63) is 50.0 Å². The number of hydrogen-bond donors (Lipinski definition) is 3. The van der Waals surface area contributed by atoms with E-state index in [-0.39, 0.29) is 18.2 Å². The van der Waals surface area contributed by atoms with Gasteiger partial charge in [0.15, 0.2) is 0 Å². The SMILES string of the molecule is COc1ccccc1NCC(=O)N/N=C/c1cc(Br)cc(I)c1O. The summed E-state index contributed by atoms with van der Waals surface area (Å²) < 4.78 is 6.70. The van der Waals surface area contributed by atoms with Gasteiger partial charge in [-0.15, -0.1) is 0 Å². The molecule has 0 unspecified atom stereocenters. The maximum atomic E-state index is 11.8. The average Bonchev–Trinajstić information content (AvgIpc) is 2.57. The van der Waals surface area contributed by atoms with Gasteiger partial charge >= 0.3 is 0 Å². The van der Waals surface area contributed by atoms with Gasteiger partial charge in [-0.25, -0.2) is 5.43 Å². The number of anilines is 1. The second kappa shape index (κ2) is 8.88. The lowest BCUT2D eigenvalue weighted by molar-refractivity contribution is -0.119. The molecule has 0 bridgehead atoms. The molecule has 6 nitrogen and oxygen atoms in total. The van der Waals surface area contributed by atoms with Crippen LogP contribution < -0.4 is 15.5 Å². The van der Waals surface area contributed by atoms with E-state index < -0.39 is 0 Å². The number of halogens is 2. The Morgan fingerprint density at radius 3 is 2.92 bits per heavy atom. The summed E-state index contributed by atoms with van der Waals surface area (Å²) in [5.41, 5.74) is 3.63. The second-order valence-electron chi connectivity index (χ2n) is 4.67. The van der Waals surface area contributed by atoms with E-state index in [1.807, 2.05) is 40.8 Å². The fourth-order valence-corrected chi connectivity index (χ4v) is 3.41. The smallest absolute Gasteiger partial charge is 0.259 e. The van der Waals surface area contributed by atoms with E-state index in [0.717, 1.165) is 10.2 Å². The predicted molar refractivity (Wildman–Crippen MR) is 106 cm³/mol. The Kier molecular flexibility index (Phi) is 6.85. The fourth-order valence-electron chi connectivity index (χ4n) is 1.86. The standard InChI is InChI=1S/C16H15BrIN3O3/c1-24-14-5-3-2-4-13(14)19-9-15(22)21-20-8-10-6-11(17)7-12(18)16(10)23/h2-8,19,23H,9H2,1H3,(H,21,22)/b20-8+. The van der Waals surface area contributed by atoms with Crippen molar-refractivity contribution in [1.29, 1.82) is 0 Å². The summed E-state index contributed by atoms with van der Waals surface area (Å²) in [5.74, 6) is 0.452. The molecule has 24 heavy (non-hydrogen) atoms. The van der Waals surface area contributed by atoms with Crippen molar-refractivity contribution >= 4 is 56.3 Å². The maximum Gasteiger partial charge on any atom is 0.259 e. The molecule has 3 N–H and O–H groups in total. The van der Waals surface area contributed by atoms with E-state index in [9.17, 15) is 9.90 Å². The summed E-state index contributed by atoms with van der Waals surface area (Å²) in [6, 6.07) is 10.8. The first-order chi connectivity index (χ1) is 11.5. The van der Waals surface area contributed by atoms with Crippen LogP contribution in [0.1, 0.15) is 5.56 Å². The number of aromatic hydroxyl groups is 1. The number of nitrogens with zero attached hydrogens (tertiary/aromatic N) is 1. The van der Waals surface area contributed by atoms with Gasteiger partial charge < -0.3 is 15.2 Å². The first kappa shape index (κ1) is 18.5. The van der Waals surface area contributed by atoms with Gasteiger partial charge in [0.05, 0.1) is 29.1 Å². The number of ether oxygens (including phenoxy) is 1. The van der Waals surface area contributed by atoms with E-state index in [1.54, 1.807) is 25.3 Å². The van der Waals surface area contributed by atoms with Crippen LogP contribution in [0.25, 0.3) is 0 Å². The van der Waals surface area contributed by atoms with Gasteiger partial charge in [0.2, 0.25) is 0 Å². The molecule has 0 spiro atoms. The lowest BCUT2D eigenvalue weighted by Gasteiger charge is -2.09. The van der Waals surface area contributed by atoms with Crippen molar-refractivity contribution in [2.45, 2.75) is 0 Å². The van der Waals surface area contributed by atoms with Crippen LogP contribution >= 0.6 is 38.5 Å². The third-order valence-electron chi connectivity index (χ3n) is 3.00. The van der Waals surface area contributed by atoms with Gasteiger partial charge in [-0.05, 0) is 46.9 Å². The predicted octanol–water partition coefficient (Wildman–Crippen LogP) is 3.33. The molecule has 0 radical (unpaired) electrons. The molecule has 0 fully saturated rings. The van der Waals surface area contributed by atoms with Crippen LogP contribution in [0.3, 0.4) is 0 Å². The van der Waals surface area contributed by atoms with Gasteiger partial charge in [0.25, 0.3) is 5.91 Å². The van der Waals surface area contributed by atoms with Crippen LogP contribution in [0.2, 0.25) is 0 Å². The summed E-state index contributed by atoms with van der Waals surface area (Å²) in [6.45, 7) is 0.0414. The molecule has 2 rings (SSSR count). The Hall–Kier alpha value is -1.81. The normalized spacial score (nSPS) is 10.6. The largest absolute Gasteiger partial charge is 0.506 e. The highest BCUT2D eigenvalue weighted by atomic mass is 127. The minimum absolute atomic E-state index is 0.0414. The van der Waals surface area contributed by atoms with Gasteiger partial charge in [-0.2, -0.15) is 5.10 Å². The lowest BCUT2D eigenvalue weighted by atomic mass is 10.2. The molecule has 1 amide bonds. The Balaban J connectivity index is 1.92. The number of phenolic OH excluding ortho intramolecular Hbond substituents is 1. The van der Waals surface area contributed by atoms with Crippen molar-refractivity contribution < 1.29 is 14.6 Å². The molecule has 0 aromatic heterocycles. The molecule has 8 heteroatoms. The highest BCUT2D eigenvalue weighted by molar-refractivity contribution is 14.1. The minimum Gasteiger partial charge on any atom is -0.506 e. The van der Waals surface area contributed by atoms with Crippen LogP contribution in [0.15, 0.2) is 46.0 Å². The number of carbonyl (C=O) groups is 1. The number of carbonyl (C=O) groups excluding carboxylic acids is 1. The average molecular weight is 504 g/mol. The van der Waals surface area contributed by atoms with E-state index in [1.165, 1.54) is 6.21 Å². The molecule has 0 aliphatic rings. The van der Waals surface area contributed by atoms with Crippen molar-refractivity contribution in [1.82, 2.24) is 5.43 Å². The summed E-state index contributed by atoms with van der Waals surface area (Å²) in [7, 11) is 1.57. The monoisotopic (exact) mass is 503 g/mol. The van der Waals surface area contributed by atoms with Crippen LogP contribution in [0.5, 0.6) is 11.5 Å². The van der Waals surface area contributed by atoms with Crippen LogP contribution in [0.4, 0.5) is 5.69 Å². The number of rotatable bonds is 6. The third-order valence-corrected chi connectivity index (χ3v) is 4.28. The van der Waals surface area contributed by atoms with Crippen molar-refractivity contribution in [2.75, 3.05) is 19.0 Å². The summed E-state index contributed by atoms with van der Waals surface area (Å²) in [6.07, 6.45) is 1.39. The highest BCUT2D eigenvalue weighted by Gasteiger charge is 2.06. The highest BCUT2D eigenvalue weighted by Crippen LogP contribution is 2.27. The van der Waals surface area contributed by atoms with Crippen LogP contribution in [-0.4, -0.2) is 30.9 Å². The van der Waals surface area contributed by atoms with Crippen LogP contribution in [-0.2, 0) is 4.79 Å². The molecule has 126 valence electrons. The molecule has 0 saturated carbocycles. The Morgan fingerprint density at radius 2 is 2.17 bits per heavy atom. The van der Waals surface area contributed by atoms with E-state index in [2.05, 4.69) is 31.8 Å². The zero-order valence-corrected chi connectivity index (χ0v) is 16.5. The zero-order valence-electron chi connectivity index (χ0n) is 12.7. The molecule has 0 heterocycles. The van der Waals surface area contributed by atoms with E-state index in [0.29, 0.717) is 14.9 Å². The molecule has 0 atom stereocenters. The molecule has 2 aromatic carbocycles. The van der Waals surface area contributed by atoms with Gasteiger partial charge in [-0.1, -0.05) is 28.1 Å². The quantitative estimate of drug-likeness (QED) is 0.321. The summed E-state index contributed by atoms with van der Waals surface area (Å²) in [5, 5.41) is 16.8. The molecule has 0 aliphatic carbocycles. The first-order valence-corrected chi connectivity index (χ1v) is 8.75. The van der Waals surface area contributed by atoms with Gasteiger partial charge in [0, 0.05) is 10.0 Å². The number of para-hydroxylation sites is 2. The van der Waals surface area contributed by atoms with Crippen molar-refractivity contribution in [3.63, 3.8) is 0 Å². The Morgan fingerprint density at radius 1 is 1.42 bits per heavy atom. The van der Waals surface area contributed by atoms with Crippen LogP contribution in [0, 0.1) is 3.57 Å². The van der Waals surface area contributed by atoms with E-state index >= 15 is 0 Å². The molecular formula is C16H15BrIN3O3. The van der Waals surface area contributed by atoms with Gasteiger partial charge in [-0.3, -0.25) is 4.79 Å². The molecule has 2 aromatic rings. The lowest BCUT2D eigenvalue weighted by Crippen LogP contribution is -2.26. The van der Waals surface area contributed by atoms with E-state index in [4.69, 9.17) is 4.74 Å². The third kappa shape index (κ3) is 5.10. The van der Waals surface area contributed by atoms with Gasteiger partial charge in [0.1, 0.15) is 11.5 Å². The number of amides is 1. The second-order valence-corrected chi connectivity index (χ2v) is 6.75. The Bertz CT molecular complexity index is 768. The maximum absolute atomic E-state index is 11.8. The summed E-state index contributed by atoms with van der Waals surface area (Å²) >= 11 is 5.36. The number of methoxy groups -OCH3 is 1. The number of phenols is 1. The number of hydrazone groups is 1. The zero-order chi connectivity index (χ0) is 17.5. The molecule has 0 aliphatic heterocycles. The Labute approximate surface area is 161 Å². The van der Waals surface area contributed by atoms with Crippen molar-refractivity contribution in [3.8, 4) is 11.5 Å². The summed E-state index contributed by atoms with van der Waals surface area (Å²) in [4.78, 5) is 11.8. The molecular weight excluding hydrogens is 489 g/mol. The number of nitrogens with one attached hydrogen (secondary N) is 2. The molecule has 0 saturated heterocycles. The fraction of sp³-hybridized carbons (Fsp3) is 0.125. The number of benzene rings is 2. The minimum atomic E-state index is -0.318. The number of hydrogen-bond acceptors (Lipinski definition) is 5. The first-order valence-electron chi connectivity index (χ1n) is 6.88. The topological polar surface area (TPSA) is 83.0 Å². The van der Waals surface area contributed by atoms with Crippen molar-refractivity contribution in [2.24, 2.45) is 5.10 Å².